The Hall–Kier alpha value is -4.74. The van der Waals surface area contributed by atoms with E-state index in [1.54, 1.807) is 41.3 Å². The smallest absolute Gasteiger partial charge is 0.462 e. The number of amides is 1. The van der Waals surface area contributed by atoms with Gasteiger partial charge in [0.25, 0.3) is 5.91 Å². The van der Waals surface area contributed by atoms with Crippen LogP contribution in [-0.2, 0) is 4.79 Å². The molecule has 48 heavy (non-hydrogen) atoms. The Labute approximate surface area is 278 Å². The van der Waals surface area contributed by atoms with Crippen LogP contribution in [0.4, 0.5) is 23.4 Å². The minimum absolute atomic E-state index is 0.00131. The molecule has 4 aromatic rings. The summed E-state index contributed by atoms with van der Waals surface area (Å²) in [6.07, 6.45) is -2.18. The molecule has 1 unspecified atom stereocenters. The Balaban J connectivity index is 1.53. The molecule has 15 heteroatoms. The molecule has 250 valence electrons. The molecule has 2 fully saturated rings. The maximum Gasteiger partial charge on any atom is 0.573 e. The van der Waals surface area contributed by atoms with E-state index in [0.29, 0.717) is 21.4 Å². The van der Waals surface area contributed by atoms with Gasteiger partial charge in [0.05, 0.1) is 18.5 Å². The molecular weight excluding hydrogens is 654 g/mol. The van der Waals surface area contributed by atoms with Gasteiger partial charge in [-0.05, 0) is 43.5 Å². The number of nitrogens with zero attached hydrogens (tertiary/aromatic N) is 7. The van der Waals surface area contributed by atoms with Gasteiger partial charge in [-0.2, -0.15) is 15.2 Å². The monoisotopic (exact) mass is 683 g/mol. The van der Waals surface area contributed by atoms with Crippen molar-refractivity contribution in [3.05, 3.63) is 60.0 Å². The summed E-state index contributed by atoms with van der Waals surface area (Å²) >= 11 is 6.56. The fourth-order valence-electron chi connectivity index (χ4n) is 6.34. The Bertz CT molecular complexity index is 1930. The van der Waals surface area contributed by atoms with Crippen LogP contribution >= 0.6 is 11.6 Å². The number of alkyl halides is 3. The number of rotatable bonds is 8. The molecule has 2 aromatic heterocycles. The number of carbonyl (C=O) groups excluding carboxylic acids is 1. The topological polar surface area (TPSA) is 108 Å². The second-order valence-corrected chi connectivity index (χ2v) is 12.1. The van der Waals surface area contributed by atoms with E-state index in [9.17, 15) is 27.6 Å². The number of hydrogen-bond acceptors (Lipinski definition) is 9. The molecule has 0 N–H and O–H groups in total. The molecule has 4 heterocycles. The van der Waals surface area contributed by atoms with E-state index >= 15 is 0 Å². The predicted molar refractivity (Wildman–Crippen MR) is 171 cm³/mol. The third kappa shape index (κ3) is 6.65. The van der Waals surface area contributed by atoms with Crippen LogP contribution in [0.5, 0.6) is 11.8 Å². The Morgan fingerprint density at radius 2 is 1.88 bits per heavy atom. The highest BCUT2D eigenvalue weighted by atomic mass is 35.5. The quantitative estimate of drug-likeness (QED) is 0.157. The number of benzene rings is 2. The summed E-state index contributed by atoms with van der Waals surface area (Å²) in [6, 6.07) is 11.3. The molecule has 6 rings (SSSR count). The van der Waals surface area contributed by atoms with Crippen molar-refractivity contribution in [2.75, 3.05) is 44.7 Å². The average molecular weight is 684 g/mol. The van der Waals surface area contributed by atoms with E-state index in [2.05, 4.69) is 26.4 Å². The molecule has 2 saturated heterocycles. The van der Waals surface area contributed by atoms with Crippen LogP contribution in [0.3, 0.4) is 0 Å². The van der Waals surface area contributed by atoms with Crippen LogP contribution < -0.4 is 14.4 Å². The summed E-state index contributed by atoms with van der Waals surface area (Å²) in [5, 5.41) is 11.0. The second kappa shape index (κ2) is 13.4. The number of pyridine rings is 1. The van der Waals surface area contributed by atoms with E-state index in [0.717, 1.165) is 19.4 Å². The maximum atomic E-state index is 14.2. The van der Waals surface area contributed by atoms with Gasteiger partial charge in [0.2, 0.25) is 0 Å². The van der Waals surface area contributed by atoms with Crippen LogP contribution in [0.15, 0.2) is 55.0 Å². The van der Waals surface area contributed by atoms with Gasteiger partial charge in [-0.15, -0.1) is 13.2 Å². The largest absolute Gasteiger partial charge is 0.573 e. The van der Waals surface area contributed by atoms with Crippen molar-refractivity contribution in [2.24, 2.45) is 0 Å². The number of fused-ring (bicyclic) bond motifs is 2. The molecule has 10 nitrogen and oxygen atoms in total. The lowest BCUT2D eigenvalue weighted by molar-refractivity contribution is -0.273. The number of anilines is 1. The second-order valence-electron chi connectivity index (χ2n) is 11.7. The Morgan fingerprint density at radius 1 is 1.10 bits per heavy atom. The molecule has 2 aromatic carbocycles. The summed E-state index contributed by atoms with van der Waals surface area (Å²) < 4.78 is 67.1. The van der Waals surface area contributed by atoms with Gasteiger partial charge in [-0.3, -0.25) is 4.79 Å². The van der Waals surface area contributed by atoms with Crippen molar-refractivity contribution in [2.45, 2.75) is 37.7 Å². The highest BCUT2D eigenvalue weighted by Crippen LogP contribution is 2.44. The van der Waals surface area contributed by atoms with Crippen molar-refractivity contribution < 1.29 is 31.8 Å². The van der Waals surface area contributed by atoms with E-state index in [4.69, 9.17) is 21.1 Å². The number of carbonyl (C=O) groups is 1. The van der Waals surface area contributed by atoms with Crippen molar-refractivity contribution in [1.29, 1.82) is 5.26 Å². The van der Waals surface area contributed by atoms with Crippen LogP contribution in [0.25, 0.3) is 32.9 Å². The number of piperazine rings is 1. The molecule has 2 aliphatic rings. The fraction of sp³-hybridized carbons (Fsp3) is 0.364. The van der Waals surface area contributed by atoms with Crippen LogP contribution in [0.2, 0.25) is 5.02 Å². The standard InChI is InChI=1S/C33H30ClF4N7O3/c1-19(35)31(46)45-15-14-44(17-21(45)11-12-39)30-28-27(41-32(42-30)47-18-22-8-5-13-43(22)2)29(48-33(36,37)38)24(16-40-28)23-9-3-6-20-7-4-10-25(34)26(20)23/h3-4,6-7,9-10,16,21-22H,1,5,8,11,13-15,17-18H2,2H3/t21-,22?/m0/s1. The molecule has 0 aliphatic carbocycles. The van der Waals surface area contributed by atoms with Crippen molar-refractivity contribution >= 4 is 45.1 Å². The highest BCUT2D eigenvalue weighted by Gasteiger charge is 2.37. The summed E-state index contributed by atoms with van der Waals surface area (Å²) in [5.74, 6) is -2.62. The zero-order valence-corrected chi connectivity index (χ0v) is 26.6. The van der Waals surface area contributed by atoms with E-state index < -0.39 is 29.9 Å². The van der Waals surface area contributed by atoms with Gasteiger partial charge in [-0.1, -0.05) is 48.5 Å². The zero-order valence-electron chi connectivity index (χ0n) is 25.8. The Morgan fingerprint density at radius 3 is 2.56 bits per heavy atom. The van der Waals surface area contributed by atoms with Gasteiger partial charge in [-0.25, -0.2) is 9.37 Å². The first-order valence-electron chi connectivity index (χ1n) is 15.2. The molecule has 1 amide bonds. The average Bonchev–Trinajstić information content (AvgIpc) is 3.47. The van der Waals surface area contributed by atoms with Crippen molar-refractivity contribution in [3.8, 4) is 29.0 Å². The molecule has 0 bridgehead atoms. The number of nitriles is 1. The predicted octanol–water partition coefficient (Wildman–Crippen LogP) is 6.28. The normalized spacial score (nSPS) is 18.7. The minimum Gasteiger partial charge on any atom is -0.462 e. The fourth-order valence-corrected chi connectivity index (χ4v) is 6.63. The summed E-state index contributed by atoms with van der Waals surface area (Å²) in [6.45, 7) is 4.23. The van der Waals surface area contributed by atoms with Crippen molar-refractivity contribution in [3.63, 3.8) is 0 Å². The van der Waals surface area contributed by atoms with Gasteiger partial charge < -0.3 is 24.2 Å². The third-order valence-electron chi connectivity index (χ3n) is 8.67. The lowest BCUT2D eigenvalue weighted by atomic mass is 9.98. The highest BCUT2D eigenvalue weighted by molar-refractivity contribution is 6.36. The number of ether oxygens (including phenoxy) is 2. The third-order valence-corrected chi connectivity index (χ3v) is 8.98. The molecule has 0 saturated carbocycles. The molecule has 2 aliphatic heterocycles. The summed E-state index contributed by atoms with van der Waals surface area (Å²) in [7, 11) is 1.96. The van der Waals surface area contributed by atoms with Gasteiger partial charge >= 0.3 is 12.4 Å². The number of halogens is 5. The van der Waals surface area contributed by atoms with Gasteiger partial charge in [0.15, 0.2) is 17.4 Å². The minimum atomic E-state index is -5.12. The molecule has 0 spiro atoms. The van der Waals surface area contributed by atoms with Crippen LogP contribution in [0, 0.1) is 11.3 Å². The molecule has 0 radical (unpaired) electrons. The van der Waals surface area contributed by atoms with E-state index in [-0.39, 0.29) is 67.1 Å². The summed E-state index contributed by atoms with van der Waals surface area (Å²) in [5.41, 5.74) is 0.0414. The zero-order chi connectivity index (χ0) is 34.2. The first kappa shape index (κ1) is 33.2. The van der Waals surface area contributed by atoms with E-state index in [1.165, 1.54) is 11.1 Å². The molecule has 2 atom stereocenters. The summed E-state index contributed by atoms with van der Waals surface area (Å²) in [4.78, 5) is 31.1. The Kier molecular flexibility index (Phi) is 9.26. The van der Waals surface area contributed by atoms with Gasteiger partial charge in [0.1, 0.15) is 17.6 Å². The first-order chi connectivity index (χ1) is 22.9. The van der Waals surface area contributed by atoms with Gasteiger partial charge in [0, 0.05) is 47.8 Å². The number of aromatic nitrogens is 3. The van der Waals surface area contributed by atoms with Crippen LogP contribution in [-0.4, -0.2) is 88.9 Å². The van der Waals surface area contributed by atoms with E-state index in [1.807, 2.05) is 13.1 Å². The maximum absolute atomic E-state index is 14.2. The number of likely N-dealkylation sites (N-methyl/N-ethyl adjacent to an activating group) is 1. The van der Waals surface area contributed by atoms with Crippen LogP contribution in [0.1, 0.15) is 19.3 Å². The number of likely N-dealkylation sites (tertiary alicyclic amines) is 1. The lowest BCUT2D eigenvalue weighted by Crippen LogP contribution is -2.55. The number of hydrogen-bond donors (Lipinski definition) is 0. The first-order valence-corrected chi connectivity index (χ1v) is 15.6. The van der Waals surface area contributed by atoms with Crippen molar-refractivity contribution in [1.82, 2.24) is 24.8 Å². The lowest BCUT2D eigenvalue weighted by Gasteiger charge is -2.41. The molecular formula is C33H30ClF4N7O3. The SMILES string of the molecule is C=C(F)C(=O)N1CCN(c2nc(OCC3CCCN3C)nc3c(OC(F)(F)F)c(-c4cccc5cccc(Cl)c45)cnc23)C[C@@H]1CC#N.